The minimum Gasteiger partial charge on any atom is -0.298 e. The lowest BCUT2D eigenvalue weighted by atomic mass is 10.0. The summed E-state index contributed by atoms with van der Waals surface area (Å²) in [6.45, 7) is 0. The molecule has 0 aliphatic rings. The van der Waals surface area contributed by atoms with Gasteiger partial charge in [-0.25, -0.2) is 8.42 Å². The number of rotatable bonds is 2. The van der Waals surface area contributed by atoms with Crippen LogP contribution in [0.3, 0.4) is 0 Å². The van der Waals surface area contributed by atoms with Gasteiger partial charge in [0, 0.05) is 16.2 Å². The van der Waals surface area contributed by atoms with E-state index >= 15 is 0 Å². The molecule has 0 atom stereocenters. The van der Waals surface area contributed by atoms with Gasteiger partial charge in [-0.1, -0.05) is 6.07 Å². The van der Waals surface area contributed by atoms with Gasteiger partial charge in [-0.05, 0) is 6.07 Å². The maximum absolute atomic E-state index is 12.7. The molecule has 20 heavy (non-hydrogen) atoms. The Morgan fingerprint density at radius 1 is 1.00 bits per heavy atom. The van der Waals surface area contributed by atoms with Gasteiger partial charge in [-0.3, -0.25) is 4.79 Å². The number of halogens is 7. The Morgan fingerprint density at radius 3 is 1.80 bits per heavy atom. The molecule has 0 spiro atoms. The molecule has 0 aliphatic carbocycles. The lowest BCUT2D eigenvalue weighted by molar-refractivity contribution is -0.147. The van der Waals surface area contributed by atoms with Crippen molar-refractivity contribution >= 4 is 26.0 Å². The predicted octanol–water partition coefficient (Wildman–Crippen LogP) is 3.46. The first-order valence-electron chi connectivity index (χ1n) is 4.51. The summed E-state index contributed by atoms with van der Waals surface area (Å²) in [6, 6.07) is 0.276. The van der Waals surface area contributed by atoms with Crippen molar-refractivity contribution in [2.45, 2.75) is 17.2 Å². The summed E-state index contributed by atoms with van der Waals surface area (Å²) in [5.74, 6) is 0. The van der Waals surface area contributed by atoms with Gasteiger partial charge < -0.3 is 0 Å². The molecule has 0 N–H and O–H groups in total. The average Bonchev–Trinajstić information content (AvgIpc) is 2.23. The maximum atomic E-state index is 12.7. The highest BCUT2D eigenvalue weighted by Crippen LogP contribution is 2.44. The lowest BCUT2D eigenvalue weighted by Crippen LogP contribution is -2.20. The second-order valence-electron chi connectivity index (χ2n) is 3.46. The Hall–Kier alpha value is -1.29. The molecule has 1 aromatic carbocycles. The molecule has 11 heteroatoms. The molecule has 0 heterocycles. The molecule has 1 rings (SSSR count). The number of hydrogen-bond donors (Lipinski definition) is 0. The van der Waals surface area contributed by atoms with Crippen molar-refractivity contribution in [1.82, 2.24) is 0 Å². The van der Waals surface area contributed by atoms with Crippen LogP contribution in [0.15, 0.2) is 17.0 Å². The Kier molecular flexibility index (Phi) is 4.12. The molecule has 0 aliphatic heterocycles. The van der Waals surface area contributed by atoms with Crippen LogP contribution < -0.4 is 0 Å². The van der Waals surface area contributed by atoms with Crippen molar-refractivity contribution in [3.8, 4) is 0 Å². The fraction of sp³-hybridized carbons (Fsp3) is 0.222. The number of alkyl halides is 6. The Morgan fingerprint density at radius 2 is 1.50 bits per heavy atom. The van der Waals surface area contributed by atoms with Gasteiger partial charge in [0.15, 0.2) is 6.29 Å². The number of hydrogen-bond acceptors (Lipinski definition) is 3. The molecule has 0 saturated carbocycles. The molecule has 0 amide bonds. The number of carbonyl (C=O) groups is 1. The number of aldehydes is 1. The van der Waals surface area contributed by atoms with Crippen LogP contribution in [0, 0.1) is 0 Å². The summed E-state index contributed by atoms with van der Waals surface area (Å²) in [6.07, 6.45) is -11.3. The first-order chi connectivity index (χ1) is 8.80. The average molecular weight is 341 g/mol. The monoisotopic (exact) mass is 340 g/mol. The first kappa shape index (κ1) is 16.8. The van der Waals surface area contributed by atoms with E-state index in [4.69, 9.17) is 0 Å². The zero-order valence-electron chi connectivity index (χ0n) is 9.01. The molecule has 0 fully saturated rings. The third-order valence-electron chi connectivity index (χ3n) is 2.15. The van der Waals surface area contributed by atoms with E-state index in [1.165, 1.54) is 0 Å². The molecule has 3 nitrogen and oxygen atoms in total. The molecule has 0 bridgehead atoms. The van der Waals surface area contributed by atoms with E-state index in [0.29, 0.717) is 0 Å². The van der Waals surface area contributed by atoms with Gasteiger partial charge in [0.05, 0.1) is 11.1 Å². The highest BCUT2D eigenvalue weighted by atomic mass is 35.7. The standard InChI is InChI=1S/C9H3ClF6O3S/c10-20(18,19)7-5(8(11,12)13)2-1-4(3-17)6(7)9(14,15)16/h1-3H. The van der Waals surface area contributed by atoms with Crippen LogP contribution in [-0.4, -0.2) is 14.7 Å². The molecule has 112 valence electrons. The van der Waals surface area contributed by atoms with Crippen LogP contribution in [0.1, 0.15) is 21.5 Å². The normalized spacial score (nSPS) is 13.3. The zero-order chi connectivity index (χ0) is 15.9. The number of carbonyl (C=O) groups excluding carboxylic acids is 1. The summed E-state index contributed by atoms with van der Waals surface area (Å²) in [7, 11) is -0.723. The first-order valence-corrected chi connectivity index (χ1v) is 6.82. The van der Waals surface area contributed by atoms with E-state index in [1.54, 1.807) is 0 Å². The summed E-state index contributed by atoms with van der Waals surface area (Å²) in [5.41, 5.74) is -5.59. The highest BCUT2D eigenvalue weighted by Gasteiger charge is 2.46. The van der Waals surface area contributed by atoms with E-state index < -0.39 is 49.3 Å². The van der Waals surface area contributed by atoms with Crippen LogP contribution in [0.2, 0.25) is 0 Å². The van der Waals surface area contributed by atoms with E-state index in [1.807, 2.05) is 0 Å². The largest absolute Gasteiger partial charge is 0.418 e. The van der Waals surface area contributed by atoms with Crippen molar-refractivity contribution in [3.63, 3.8) is 0 Å². The molecule has 1 aromatic rings. The van der Waals surface area contributed by atoms with Gasteiger partial charge in [0.25, 0.3) is 9.05 Å². The van der Waals surface area contributed by atoms with Crippen LogP contribution in [-0.2, 0) is 21.4 Å². The highest BCUT2D eigenvalue weighted by molar-refractivity contribution is 8.13. The molecular weight excluding hydrogens is 338 g/mol. The summed E-state index contributed by atoms with van der Waals surface area (Å²) in [5, 5.41) is 0. The Bertz CT molecular complexity index is 647. The quantitative estimate of drug-likeness (QED) is 0.470. The maximum Gasteiger partial charge on any atom is 0.418 e. The number of benzene rings is 1. The van der Waals surface area contributed by atoms with Crippen LogP contribution >= 0.6 is 10.7 Å². The van der Waals surface area contributed by atoms with E-state index in [9.17, 15) is 39.6 Å². The minimum atomic E-state index is -5.51. The molecular formula is C9H3ClF6O3S. The Balaban J connectivity index is 4.02. The van der Waals surface area contributed by atoms with Crippen molar-refractivity contribution in [2.24, 2.45) is 0 Å². The summed E-state index contributed by atoms with van der Waals surface area (Å²) < 4.78 is 98.2. The van der Waals surface area contributed by atoms with E-state index in [2.05, 4.69) is 10.7 Å². The second kappa shape index (κ2) is 4.92. The fourth-order valence-corrected chi connectivity index (χ4v) is 2.87. The zero-order valence-corrected chi connectivity index (χ0v) is 10.6. The molecule has 0 unspecified atom stereocenters. The topological polar surface area (TPSA) is 51.2 Å². The summed E-state index contributed by atoms with van der Waals surface area (Å²) in [4.78, 5) is 8.32. The van der Waals surface area contributed by atoms with Crippen molar-refractivity contribution in [3.05, 3.63) is 28.8 Å². The smallest absolute Gasteiger partial charge is 0.298 e. The van der Waals surface area contributed by atoms with Gasteiger partial charge in [-0.2, -0.15) is 26.3 Å². The fourth-order valence-electron chi connectivity index (χ4n) is 1.46. The van der Waals surface area contributed by atoms with Crippen molar-refractivity contribution in [1.29, 1.82) is 0 Å². The minimum absolute atomic E-state index is 0.0498. The Labute approximate surface area is 112 Å². The lowest BCUT2D eigenvalue weighted by Gasteiger charge is -2.18. The van der Waals surface area contributed by atoms with Gasteiger partial charge in [0.1, 0.15) is 4.90 Å². The SMILES string of the molecule is O=Cc1ccc(C(F)(F)F)c(S(=O)(=O)Cl)c1C(F)(F)F. The van der Waals surface area contributed by atoms with Gasteiger partial charge in [-0.15, -0.1) is 0 Å². The third-order valence-corrected chi connectivity index (χ3v) is 3.52. The summed E-state index contributed by atoms with van der Waals surface area (Å²) >= 11 is 0. The van der Waals surface area contributed by atoms with Crippen LogP contribution in [0.25, 0.3) is 0 Å². The predicted molar refractivity (Wildman–Crippen MR) is 54.9 cm³/mol. The van der Waals surface area contributed by atoms with Crippen molar-refractivity contribution in [2.75, 3.05) is 0 Å². The van der Waals surface area contributed by atoms with Crippen molar-refractivity contribution < 1.29 is 39.6 Å². The van der Waals surface area contributed by atoms with Gasteiger partial charge >= 0.3 is 12.4 Å². The van der Waals surface area contributed by atoms with Crippen LogP contribution in [0.4, 0.5) is 26.3 Å². The molecule has 0 radical (unpaired) electrons. The van der Waals surface area contributed by atoms with Crippen LogP contribution in [0.5, 0.6) is 0 Å². The van der Waals surface area contributed by atoms with Gasteiger partial charge in [0.2, 0.25) is 0 Å². The second-order valence-corrected chi connectivity index (χ2v) is 5.96. The molecule has 0 aromatic heterocycles. The third kappa shape index (κ3) is 3.23. The van der Waals surface area contributed by atoms with E-state index in [-0.39, 0.29) is 12.1 Å². The van der Waals surface area contributed by atoms with E-state index in [0.717, 1.165) is 0 Å². The molecule has 0 saturated heterocycles.